The van der Waals surface area contributed by atoms with Crippen LogP contribution in [0.25, 0.3) is 0 Å². The van der Waals surface area contributed by atoms with Gasteiger partial charge in [-0.05, 0) is 29.8 Å². The molecule has 0 bridgehead atoms. The molecule has 2 rings (SSSR count). The van der Waals surface area contributed by atoms with Gasteiger partial charge in [0.1, 0.15) is 11.6 Å². The lowest BCUT2D eigenvalue weighted by Crippen LogP contribution is -2.01. The molecule has 0 saturated carbocycles. The summed E-state index contributed by atoms with van der Waals surface area (Å²) < 4.78 is 27.9. The van der Waals surface area contributed by atoms with Crippen LogP contribution in [0.3, 0.4) is 0 Å². The van der Waals surface area contributed by atoms with E-state index >= 15 is 0 Å². The molecule has 100 valence electrons. The van der Waals surface area contributed by atoms with Gasteiger partial charge in [0.25, 0.3) is 0 Å². The molecule has 0 saturated heterocycles. The number of halogens is 6. The maximum absolute atomic E-state index is 13.8. The third-order valence-corrected chi connectivity index (χ3v) is 4.20. The summed E-state index contributed by atoms with van der Waals surface area (Å²) in [6, 6.07) is 6.91. The highest BCUT2D eigenvalue weighted by Crippen LogP contribution is 2.36. The smallest absolute Gasteiger partial charge is 0.132 e. The van der Waals surface area contributed by atoms with E-state index in [9.17, 15) is 8.78 Å². The molecule has 0 aliphatic rings. The summed E-state index contributed by atoms with van der Waals surface area (Å²) >= 11 is 20.8. The molecule has 1 atom stereocenters. The molecule has 0 aliphatic carbocycles. The number of hydrogen-bond donors (Lipinski definition) is 0. The largest absolute Gasteiger partial charge is 0.206 e. The van der Waals surface area contributed by atoms with Crippen molar-refractivity contribution in [2.75, 3.05) is 0 Å². The zero-order valence-corrected chi connectivity index (χ0v) is 13.1. The number of alkyl halides is 1. The third-order valence-electron chi connectivity index (χ3n) is 2.53. The van der Waals surface area contributed by atoms with Crippen molar-refractivity contribution < 1.29 is 8.78 Å². The van der Waals surface area contributed by atoms with E-state index in [4.69, 9.17) is 34.8 Å². The number of benzene rings is 2. The van der Waals surface area contributed by atoms with E-state index in [1.54, 1.807) is 6.07 Å². The predicted molar refractivity (Wildman–Crippen MR) is 78.2 cm³/mol. The van der Waals surface area contributed by atoms with E-state index < -0.39 is 17.0 Å². The van der Waals surface area contributed by atoms with Gasteiger partial charge in [-0.15, -0.1) is 11.6 Å². The van der Waals surface area contributed by atoms with Gasteiger partial charge in [-0.3, -0.25) is 0 Å². The first-order chi connectivity index (χ1) is 8.90. The number of hydrogen-bond acceptors (Lipinski definition) is 0. The molecule has 6 heteroatoms. The predicted octanol–water partition coefficient (Wildman–Crippen LogP) is 6.36. The fraction of sp³-hybridized carbons (Fsp3) is 0.0769. The lowest BCUT2D eigenvalue weighted by atomic mass is 10.0. The summed E-state index contributed by atoms with van der Waals surface area (Å²) in [5.41, 5.74) is 0.249. The molecule has 2 aromatic carbocycles. The van der Waals surface area contributed by atoms with Crippen LogP contribution in [0.4, 0.5) is 8.78 Å². The average molecular weight is 386 g/mol. The SMILES string of the molecule is Fc1cc(Br)cc(F)c1C(Cl)c1ccc(Cl)c(Cl)c1. The van der Waals surface area contributed by atoms with Crippen molar-refractivity contribution in [2.45, 2.75) is 5.38 Å². The minimum atomic E-state index is -0.983. The second kappa shape index (κ2) is 5.96. The van der Waals surface area contributed by atoms with Gasteiger partial charge in [0, 0.05) is 10.0 Å². The molecule has 19 heavy (non-hydrogen) atoms. The van der Waals surface area contributed by atoms with E-state index in [1.807, 2.05) is 0 Å². The lowest BCUT2D eigenvalue weighted by molar-refractivity contribution is 0.557. The van der Waals surface area contributed by atoms with Crippen molar-refractivity contribution in [3.05, 3.63) is 67.6 Å². The first kappa shape index (κ1) is 15.0. The summed E-state index contributed by atoms with van der Waals surface area (Å²) in [7, 11) is 0. The summed E-state index contributed by atoms with van der Waals surface area (Å²) in [6.45, 7) is 0. The zero-order chi connectivity index (χ0) is 14.2. The molecule has 0 amide bonds. The van der Waals surface area contributed by atoms with Gasteiger partial charge in [-0.25, -0.2) is 8.78 Å². The highest BCUT2D eigenvalue weighted by atomic mass is 79.9. The normalized spacial score (nSPS) is 12.5. The van der Waals surface area contributed by atoms with E-state index in [1.165, 1.54) is 12.1 Å². The van der Waals surface area contributed by atoms with Crippen molar-refractivity contribution in [1.82, 2.24) is 0 Å². The van der Waals surface area contributed by atoms with Gasteiger partial charge in [0.15, 0.2) is 0 Å². The Morgan fingerprint density at radius 1 is 0.947 bits per heavy atom. The third kappa shape index (κ3) is 3.22. The van der Waals surface area contributed by atoms with Crippen molar-refractivity contribution in [1.29, 1.82) is 0 Å². The Morgan fingerprint density at radius 3 is 2.05 bits per heavy atom. The average Bonchev–Trinajstić information content (AvgIpc) is 2.31. The summed E-state index contributed by atoms with van der Waals surface area (Å²) in [4.78, 5) is 0. The van der Waals surface area contributed by atoms with Crippen LogP contribution < -0.4 is 0 Å². The molecule has 0 spiro atoms. The molecule has 0 heterocycles. The Hall–Kier alpha value is -0.350. The molecule has 0 radical (unpaired) electrons. The minimum absolute atomic E-state index is 0.219. The van der Waals surface area contributed by atoms with Crippen molar-refractivity contribution in [2.24, 2.45) is 0 Å². The van der Waals surface area contributed by atoms with Crippen LogP contribution in [0.1, 0.15) is 16.5 Å². The van der Waals surface area contributed by atoms with Crippen LogP contribution in [-0.4, -0.2) is 0 Å². The first-order valence-corrected chi connectivity index (χ1v) is 7.12. The zero-order valence-electron chi connectivity index (χ0n) is 9.23. The summed E-state index contributed by atoms with van der Waals surface area (Å²) in [5, 5.41) is -0.350. The molecule has 0 nitrogen and oxygen atoms in total. The van der Waals surface area contributed by atoms with Crippen LogP contribution in [0.15, 0.2) is 34.8 Å². The Bertz CT molecular complexity index is 608. The highest BCUT2D eigenvalue weighted by Gasteiger charge is 2.21. The Balaban J connectivity index is 2.49. The lowest BCUT2D eigenvalue weighted by Gasteiger charge is -2.13. The highest BCUT2D eigenvalue weighted by molar-refractivity contribution is 9.10. The van der Waals surface area contributed by atoms with Crippen LogP contribution in [0.2, 0.25) is 10.0 Å². The second-order valence-corrected chi connectivity index (χ2v) is 5.99. The fourth-order valence-electron chi connectivity index (χ4n) is 1.63. The molecule has 2 aromatic rings. The number of rotatable bonds is 2. The van der Waals surface area contributed by atoms with Crippen molar-refractivity contribution >= 4 is 50.7 Å². The Morgan fingerprint density at radius 2 is 1.53 bits per heavy atom. The van der Waals surface area contributed by atoms with Gasteiger partial charge in [-0.2, -0.15) is 0 Å². The summed E-state index contributed by atoms with van der Waals surface area (Å²) in [5.74, 6) is -1.45. The van der Waals surface area contributed by atoms with E-state index in [0.717, 1.165) is 12.1 Å². The molecule has 1 unspecified atom stereocenters. The minimum Gasteiger partial charge on any atom is -0.206 e. The fourth-order valence-corrected chi connectivity index (χ4v) is 2.68. The Kier molecular flexibility index (Phi) is 4.72. The summed E-state index contributed by atoms with van der Waals surface area (Å²) in [6.07, 6.45) is 0. The molecule has 0 aromatic heterocycles. The van der Waals surface area contributed by atoms with Gasteiger partial charge in [-0.1, -0.05) is 45.2 Å². The molecule has 0 aliphatic heterocycles. The maximum Gasteiger partial charge on any atom is 0.132 e. The molecule has 0 fully saturated rings. The molecular weight excluding hydrogens is 380 g/mol. The van der Waals surface area contributed by atoms with Crippen LogP contribution in [0.5, 0.6) is 0 Å². The van der Waals surface area contributed by atoms with Crippen molar-refractivity contribution in [3.63, 3.8) is 0 Å². The van der Waals surface area contributed by atoms with Gasteiger partial charge < -0.3 is 0 Å². The monoisotopic (exact) mass is 384 g/mol. The molecule has 0 N–H and O–H groups in total. The Labute approximate surface area is 132 Å². The van der Waals surface area contributed by atoms with Gasteiger partial charge >= 0.3 is 0 Å². The van der Waals surface area contributed by atoms with Gasteiger partial charge in [0.05, 0.1) is 15.4 Å². The first-order valence-electron chi connectivity index (χ1n) is 5.13. The quantitative estimate of drug-likeness (QED) is 0.527. The maximum atomic E-state index is 13.8. The van der Waals surface area contributed by atoms with Crippen LogP contribution in [0, 0.1) is 11.6 Å². The standard InChI is InChI=1S/C13H6BrCl3F2/c14-7-4-10(18)12(11(19)5-7)13(17)6-1-2-8(15)9(16)3-6/h1-5,13H. The second-order valence-electron chi connectivity index (χ2n) is 3.82. The van der Waals surface area contributed by atoms with Crippen LogP contribution in [-0.2, 0) is 0 Å². The van der Waals surface area contributed by atoms with E-state index in [-0.39, 0.29) is 10.6 Å². The van der Waals surface area contributed by atoms with Crippen LogP contribution >= 0.6 is 50.7 Å². The molecular formula is C13H6BrCl3F2. The van der Waals surface area contributed by atoms with Crippen molar-refractivity contribution in [3.8, 4) is 0 Å². The van der Waals surface area contributed by atoms with E-state index in [0.29, 0.717) is 15.1 Å². The van der Waals surface area contributed by atoms with E-state index in [2.05, 4.69) is 15.9 Å². The van der Waals surface area contributed by atoms with Gasteiger partial charge in [0.2, 0.25) is 0 Å². The topological polar surface area (TPSA) is 0 Å².